The van der Waals surface area contributed by atoms with E-state index in [0.29, 0.717) is 22.7 Å². The van der Waals surface area contributed by atoms with Gasteiger partial charge in [0.05, 0.1) is 16.7 Å². The number of aliphatic hydroxyl groups excluding tert-OH is 1. The third-order valence-electron chi connectivity index (χ3n) is 3.49. The van der Waals surface area contributed by atoms with Gasteiger partial charge in [-0.2, -0.15) is 0 Å². The molecular formula is C14H19Cl2NO2. The molecule has 2 atom stereocenters. The summed E-state index contributed by atoms with van der Waals surface area (Å²) in [4.78, 5) is 2.30. The van der Waals surface area contributed by atoms with E-state index in [-0.39, 0.29) is 6.10 Å². The Balaban J connectivity index is 2.10. The fraction of sp³-hybridized carbons (Fsp3) is 0.571. The maximum absolute atomic E-state index is 10.4. The van der Waals surface area contributed by atoms with Crippen molar-refractivity contribution in [3.8, 4) is 0 Å². The van der Waals surface area contributed by atoms with Gasteiger partial charge in [-0.15, -0.1) is 0 Å². The third kappa shape index (κ3) is 3.61. The molecular weight excluding hydrogens is 285 g/mol. The van der Waals surface area contributed by atoms with Crippen LogP contribution in [0.15, 0.2) is 18.2 Å². The molecule has 1 aliphatic rings. The predicted molar refractivity (Wildman–Crippen MR) is 77.9 cm³/mol. The fourth-order valence-electron chi connectivity index (χ4n) is 2.27. The molecule has 1 fully saturated rings. The summed E-state index contributed by atoms with van der Waals surface area (Å²) in [5.41, 5.74) is 0.741. The monoisotopic (exact) mass is 303 g/mol. The van der Waals surface area contributed by atoms with Crippen molar-refractivity contribution >= 4 is 23.2 Å². The van der Waals surface area contributed by atoms with Gasteiger partial charge in [-0.1, -0.05) is 29.3 Å². The van der Waals surface area contributed by atoms with Crippen LogP contribution >= 0.6 is 23.2 Å². The summed E-state index contributed by atoms with van der Waals surface area (Å²) < 4.78 is 5.68. The van der Waals surface area contributed by atoms with Gasteiger partial charge in [-0.25, -0.2) is 0 Å². The molecule has 0 bridgehead atoms. The zero-order chi connectivity index (χ0) is 14.0. The SMILES string of the molecule is CC(C)N1CCOC(C(O)c2ccc(Cl)c(Cl)c2)C1. The van der Waals surface area contributed by atoms with E-state index in [9.17, 15) is 5.11 Å². The van der Waals surface area contributed by atoms with Crippen molar-refractivity contribution in [3.05, 3.63) is 33.8 Å². The summed E-state index contributed by atoms with van der Waals surface area (Å²) in [7, 11) is 0. The molecule has 1 N–H and O–H groups in total. The third-order valence-corrected chi connectivity index (χ3v) is 4.23. The molecule has 106 valence electrons. The lowest BCUT2D eigenvalue weighted by atomic mass is 10.0. The van der Waals surface area contributed by atoms with Crippen LogP contribution in [0.25, 0.3) is 0 Å². The van der Waals surface area contributed by atoms with Gasteiger partial charge in [0.2, 0.25) is 0 Å². The van der Waals surface area contributed by atoms with Crippen LogP contribution in [-0.2, 0) is 4.74 Å². The fourth-order valence-corrected chi connectivity index (χ4v) is 2.57. The summed E-state index contributed by atoms with van der Waals surface area (Å²) in [5.74, 6) is 0. The second-order valence-corrected chi connectivity index (χ2v) is 5.93. The highest BCUT2D eigenvalue weighted by molar-refractivity contribution is 6.42. The smallest absolute Gasteiger partial charge is 0.106 e. The molecule has 1 saturated heterocycles. The van der Waals surface area contributed by atoms with Crippen molar-refractivity contribution < 1.29 is 9.84 Å². The Morgan fingerprint density at radius 3 is 2.68 bits per heavy atom. The number of nitrogens with zero attached hydrogens (tertiary/aromatic N) is 1. The summed E-state index contributed by atoms with van der Waals surface area (Å²) in [5, 5.41) is 11.4. The topological polar surface area (TPSA) is 32.7 Å². The maximum atomic E-state index is 10.4. The van der Waals surface area contributed by atoms with Crippen LogP contribution in [-0.4, -0.2) is 41.8 Å². The molecule has 19 heavy (non-hydrogen) atoms. The minimum Gasteiger partial charge on any atom is -0.386 e. The van der Waals surface area contributed by atoms with Gasteiger partial charge in [0, 0.05) is 19.1 Å². The van der Waals surface area contributed by atoms with Gasteiger partial charge in [0.15, 0.2) is 0 Å². The van der Waals surface area contributed by atoms with Crippen molar-refractivity contribution in [2.45, 2.75) is 32.1 Å². The predicted octanol–water partition coefficient (Wildman–Crippen LogP) is 3.14. The highest BCUT2D eigenvalue weighted by Crippen LogP contribution is 2.29. The molecule has 5 heteroatoms. The van der Waals surface area contributed by atoms with Crippen molar-refractivity contribution in [1.29, 1.82) is 0 Å². The molecule has 0 amide bonds. The Bertz CT molecular complexity index is 439. The largest absolute Gasteiger partial charge is 0.386 e. The van der Waals surface area contributed by atoms with E-state index >= 15 is 0 Å². The lowest BCUT2D eigenvalue weighted by molar-refractivity contribution is -0.0961. The number of aliphatic hydroxyl groups is 1. The maximum Gasteiger partial charge on any atom is 0.106 e. The summed E-state index contributed by atoms with van der Waals surface area (Å²) in [6.45, 7) is 6.56. The van der Waals surface area contributed by atoms with E-state index in [1.807, 2.05) is 0 Å². The average molecular weight is 304 g/mol. The van der Waals surface area contributed by atoms with E-state index in [2.05, 4.69) is 18.7 Å². The van der Waals surface area contributed by atoms with Crippen LogP contribution < -0.4 is 0 Å². The second kappa shape index (κ2) is 6.42. The van der Waals surface area contributed by atoms with E-state index in [4.69, 9.17) is 27.9 Å². The van der Waals surface area contributed by atoms with Gasteiger partial charge < -0.3 is 9.84 Å². The molecule has 1 aromatic carbocycles. The first kappa shape index (κ1) is 15.1. The Hall–Kier alpha value is -0.320. The van der Waals surface area contributed by atoms with Gasteiger partial charge in [0.1, 0.15) is 12.2 Å². The van der Waals surface area contributed by atoms with E-state index in [0.717, 1.165) is 18.7 Å². The molecule has 2 rings (SSSR count). The second-order valence-electron chi connectivity index (χ2n) is 5.12. The van der Waals surface area contributed by atoms with Crippen LogP contribution in [0, 0.1) is 0 Å². The molecule has 1 aromatic rings. The number of rotatable bonds is 3. The molecule has 1 aliphatic heterocycles. The number of hydrogen-bond acceptors (Lipinski definition) is 3. The van der Waals surface area contributed by atoms with Gasteiger partial charge in [-0.05, 0) is 31.5 Å². The molecule has 2 unspecified atom stereocenters. The van der Waals surface area contributed by atoms with Crippen molar-refractivity contribution in [1.82, 2.24) is 4.90 Å². The van der Waals surface area contributed by atoms with E-state index in [1.54, 1.807) is 18.2 Å². The summed E-state index contributed by atoms with van der Waals surface area (Å²) in [6.07, 6.45) is -0.912. The first-order valence-corrected chi connectivity index (χ1v) is 7.23. The number of benzene rings is 1. The molecule has 3 nitrogen and oxygen atoms in total. The standard InChI is InChI=1S/C14H19Cl2NO2/c1-9(2)17-5-6-19-13(8-17)14(18)10-3-4-11(15)12(16)7-10/h3-4,7,9,13-14,18H,5-6,8H2,1-2H3. The molecule has 0 saturated carbocycles. The van der Waals surface area contributed by atoms with Crippen molar-refractivity contribution in [2.24, 2.45) is 0 Å². The van der Waals surface area contributed by atoms with Crippen molar-refractivity contribution in [3.63, 3.8) is 0 Å². The minimum absolute atomic E-state index is 0.228. The first-order valence-electron chi connectivity index (χ1n) is 6.47. The quantitative estimate of drug-likeness (QED) is 0.931. The van der Waals surface area contributed by atoms with Gasteiger partial charge in [-0.3, -0.25) is 4.90 Å². The first-order chi connectivity index (χ1) is 8.99. The normalized spacial score (nSPS) is 22.7. The summed E-state index contributed by atoms with van der Waals surface area (Å²) in [6, 6.07) is 5.64. The lowest BCUT2D eigenvalue weighted by Crippen LogP contribution is -2.47. The Kier molecular flexibility index (Phi) is 5.09. The number of hydrogen-bond donors (Lipinski definition) is 1. The number of halogens is 2. The van der Waals surface area contributed by atoms with E-state index < -0.39 is 6.10 Å². The highest BCUT2D eigenvalue weighted by Gasteiger charge is 2.29. The minimum atomic E-state index is -0.684. The van der Waals surface area contributed by atoms with Gasteiger partial charge >= 0.3 is 0 Å². The molecule has 0 aliphatic carbocycles. The van der Waals surface area contributed by atoms with Crippen LogP contribution in [0.3, 0.4) is 0 Å². The number of ether oxygens (including phenoxy) is 1. The molecule has 1 heterocycles. The van der Waals surface area contributed by atoms with E-state index in [1.165, 1.54) is 0 Å². The zero-order valence-corrected chi connectivity index (χ0v) is 12.7. The van der Waals surface area contributed by atoms with Gasteiger partial charge in [0.25, 0.3) is 0 Å². The molecule has 0 spiro atoms. The van der Waals surface area contributed by atoms with Crippen LogP contribution in [0.1, 0.15) is 25.5 Å². The zero-order valence-electron chi connectivity index (χ0n) is 11.1. The number of morpholine rings is 1. The Morgan fingerprint density at radius 2 is 2.05 bits per heavy atom. The highest BCUT2D eigenvalue weighted by atomic mass is 35.5. The average Bonchev–Trinajstić information content (AvgIpc) is 2.41. The molecule has 0 aromatic heterocycles. The van der Waals surface area contributed by atoms with Crippen LogP contribution in [0.4, 0.5) is 0 Å². The van der Waals surface area contributed by atoms with Crippen LogP contribution in [0.2, 0.25) is 10.0 Å². The van der Waals surface area contributed by atoms with Crippen molar-refractivity contribution in [2.75, 3.05) is 19.7 Å². The Morgan fingerprint density at radius 1 is 1.32 bits per heavy atom. The Labute approximate surface area is 124 Å². The molecule has 0 radical (unpaired) electrons. The lowest BCUT2D eigenvalue weighted by Gasteiger charge is -2.37. The summed E-state index contributed by atoms with van der Waals surface area (Å²) >= 11 is 11.9. The van der Waals surface area contributed by atoms with Crippen LogP contribution in [0.5, 0.6) is 0 Å².